The van der Waals surface area contributed by atoms with E-state index < -0.39 is 0 Å². The molecule has 0 saturated heterocycles. The molecule has 64 heavy (non-hydrogen) atoms. The highest BCUT2D eigenvalue weighted by Gasteiger charge is 2.15. The van der Waals surface area contributed by atoms with Gasteiger partial charge in [0.05, 0.1) is 39.2 Å². The molecule has 11 heteroatoms. The summed E-state index contributed by atoms with van der Waals surface area (Å²) in [6.45, 7) is 0. The van der Waals surface area contributed by atoms with E-state index >= 15 is 0 Å². The largest absolute Gasteiger partial charge is 0.491 e. The number of rotatable bonds is 4. The fraction of sp³-hybridized carbons (Fsp3) is 0.0755. The number of carbonyl (C=O) groups is 1. The summed E-state index contributed by atoms with van der Waals surface area (Å²) in [6.07, 6.45) is 0. The first kappa shape index (κ1) is 44.2. The summed E-state index contributed by atoms with van der Waals surface area (Å²) in [5, 5.41) is 4.02. The van der Waals surface area contributed by atoms with E-state index in [1.165, 1.54) is 11.7 Å². The molecule has 0 radical (unpaired) electrons. The summed E-state index contributed by atoms with van der Waals surface area (Å²) >= 11 is 3.23. The van der Waals surface area contributed by atoms with Crippen LogP contribution in [0.2, 0.25) is 0 Å². The summed E-state index contributed by atoms with van der Waals surface area (Å²) in [5.74, 6) is 0.142. The van der Waals surface area contributed by atoms with Gasteiger partial charge in [-0.15, -0.1) is 0 Å². The molecule has 10 aromatic rings. The SMILES string of the molecule is COc1cc2ccccc2n(C)c1=O.Cn1c(=O)c(Br)cc2ccccc21.Cn1c(=O)c(C(=O)c2ccccc2)cc2ccccc21.O=c1ccc2ccccc2n1-c1ccccc1. The maximum Gasteiger partial charge on any atom is 0.293 e. The molecule has 0 amide bonds. The molecule has 0 N–H and O–H groups in total. The molecule has 0 fully saturated rings. The van der Waals surface area contributed by atoms with Crippen LogP contribution in [0.1, 0.15) is 15.9 Å². The second kappa shape index (κ2) is 19.9. The van der Waals surface area contributed by atoms with E-state index in [0.29, 0.717) is 15.8 Å². The Bertz CT molecular complexity index is 3540. The van der Waals surface area contributed by atoms with Crippen molar-refractivity contribution >= 4 is 65.3 Å². The van der Waals surface area contributed by atoms with E-state index in [0.717, 1.165) is 49.3 Å². The van der Waals surface area contributed by atoms with Gasteiger partial charge in [0.25, 0.3) is 22.2 Å². The van der Waals surface area contributed by atoms with Crippen molar-refractivity contribution in [1.29, 1.82) is 0 Å². The number of halogens is 1. The number of benzene rings is 6. The lowest BCUT2D eigenvalue weighted by Gasteiger charge is -2.09. The molecule has 0 aliphatic heterocycles. The Hall–Kier alpha value is -7.89. The van der Waals surface area contributed by atoms with Crippen LogP contribution in [0.4, 0.5) is 0 Å². The number of hydrogen-bond acceptors (Lipinski definition) is 6. The molecule has 318 valence electrons. The molecule has 10 rings (SSSR count). The second-order valence-electron chi connectivity index (χ2n) is 14.6. The summed E-state index contributed by atoms with van der Waals surface area (Å²) < 4.78 is 12.1. The second-order valence-corrected chi connectivity index (χ2v) is 15.5. The van der Waals surface area contributed by atoms with E-state index in [1.807, 2.05) is 146 Å². The molecule has 0 bridgehead atoms. The Morgan fingerprint density at radius 1 is 0.453 bits per heavy atom. The first-order valence-electron chi connectivity index (χ1n) is 20.2. The van der Waals surface area contributed by atoms with E-state index in [2.05, 4.69) is 15.9 Å². The van der Waals surface area contributed by atoms with Crippen LogP contribution in [-0.4, -0.2) is 31.2 Å². The average Bonchev–Trinajstić information content (AvgIpc) is 3.34. The average molecular weight is 912 g/mol. The number of carbonyl (C=O) groups excluding carboxylic acids is 1. The first-order chi connectivity index (χ1) is 31.0. The molecule has 0 aliphatic carbocycles. The summed E-state index contributed by atoms with van der Waals surface area (Å²) in [7, 11) is 6.71. The molecule has 0 atom stereocenters. The Labute approximate surface area is 376 Å². The number of fused-ring (bicyclic) bond motifs is 4. The molecule has 0 spiro atoms. The number of aromatic nitrogens is 4. The standard InChI is InChI=1S/C17H13NO2.C15H11NO.C11H11NO2.C10H8BrNO/c1-18-15-10-6-5-9-13(15)11-14(17(18)20)16(19)12-7-3-2-4-8-12;17-15-11-10-12-6-4-5-9-14(12)16(15)13-7-2-1-3-8-13;1-12-9-6-4-3-5-8(9)7-10(14-2)11(12)13;1-12-9-5-3-2-4-7(9)6-8(11)10(12)13/h2-11H,1H3;1-11H;3-7H,1-2H3;2-6H,1H3. The Morgan fingerprint density at radius 3 is 1.45 bits per heavy atom. The first-order valence-corrected chi connectivity index (χ1v) is 21.0. The van der Waals surface area contributed by atoms with Crippen LogP contribution < -0.4 is 27.0 Å². The highest BCUT2D eigenvalue weighted by Crippen LogP contribution is 2.18. The van der Waals surface area contributed by atoms with Crippen molar-refractivity contribution < 1.29 is 9.53 Å². The number of hydrogen-bond donors (Lipinski definition) is 0. The Balaban J connectivity index is 0.000000129. The quantitative estimate of drug-likeness (QED) is 0.163. The van der Waals surface area contributed by atoms with Crippen molar-refractivity contribution in [3.05, 3.63) is 245 Å². The fourth-order valence-electron chi connectivity index (χ4n) is 7.28. The lowest BCUT2D eigenvalue weighted by atomic mass is 10.0. The minimum Gasteiger partial charge on any atom is -0.491 e. The lowest BCUT2D eigenvalue weighted by Crippen LogP contribution is -2.24. The number of ether oxygens (including phenoxy) is 1. The molecule has 10 nitrogen and oxygen atoms in total. The number of para-hydroxylation sites is 5. The molecule has 6 aromatic carbocycles. The highest BCUT2D eigenvalue weighted by atomic mass is 79.9. The van der Waals surface area contributed by atoms with Crippen LogP contribution in [-0.2, 0) is 21.1 Å². The van der Waals surface area contributed by atoms with Crippen molar-refractivity contribution in [3.8, 4) is 11.4 Å². The van der Waals surface area contributed by atoms with Gasteiger partial charge in [-0.2, -0.15) is 0 Å². The van der Waals surface area contributed by atoms with Gasteiger partial charge < -0.3 is 18.4 Å². The minimum atomic E-state index is -0.266. The summed E-state index contributed by atoms with van der Waals surface area (Å²) in [6, 6.07) is 58.2. The molecule has 0 unspecified atom stereocenters. The predicted octanol–water partition coefficient (Wildman–Crippen LogP) is 9.61. The predicted molar refractivity (Wildman–Crippen MR) is 261 cm³/mol. The number of methoxy groups -OCH3 is 1. The zero-order valence-electron chi connectivity index (χ0n) is 35.5. The highest BCUT2D eigenvalue weighted by molar-refractivity contribution is 9.10. The third-order valence-electron chi connectivity index (χ3n) is 10.6. The number of pyridine rings is 4. The van der Waals surface area contributed by atoms with Gasteiger partial charge in [0.2, 0.25) is 0 Å². The van der Waals surface area contributed by atoms with Crippen LogP contribution in [0.25, 0.3) is 49.3 Å². The Kier molecular flexibility index (Phi) is 13.7. The maximum absolute atomic E-state index is 12.4. The van der Waals surface area contributed by atoms with Crippen LogP contribution in [0.5, 0.6) is 5.75 Å². The van der Waals surface area contributed by atoms with Crippen molar-refractivity contribution in [3.63, 3.8) is 0 Å². The molecule has 0 aliphatic rings. The van der Waals surface area contributed by atoms with Gasteiger partial charge >= 0.3 is 0 Å². The molecular weight excluding hydrogens is 869 g/mol. The molecule has 4 aromatic heterocycles. The maximum atomic E-state index is 12.4. The van der Waals surface area contributed by atoms with Crippen molar-refractivity contribution in [2.45, 2.75) is 0 Å². The van der Waals surface area contributed by atoms with Gasteiger partial charge in [0, 0.05) is 43.8 Å². The minimum absolute atomic E-state index is 0.00120. The summed E-state index contributed by atoms with van der Waals surface area (Å²) in [5.41, 5.74) is 4.88. The third-order valence-corrected chi connectivity index (χ3v) is 11.2. The zero-order valence-corrected chi connectivity index (χ0v) is 37.1. The number of aryl methyl sites for hydroxylation is 3. The monoisotopic (exact) mass is 910 g/mol. The van der Waals surface area contributed by atoms with E-state index in [9.17, 15) is 24.0 Å². The van der Waals surface area contributed by atoms with E-state index in [1.54, 1.807) is 77.3 Å². The third kappa shape index (κ3) is 9.45. The van der Waals surface area contributed by atoms with Crippen molar-refractivity contribution in [2.75, 3.05) is 7.11 Å². The number of ketones is 1. The van der Waals surface area contributed by atoms with Gasteiger partial charge in [-0.3, -0.25) is 28.5 Å². The van der Waals surface area contributed by atoms with Crippen molar-refractivity contribution in [1.82, 2.24) is 18.3 Å². The van der Waals surface area contributed by atoms with Crippen LogP contribution in [0.15, 0.2) is 212 Å². The molecular formula is C53H43BrN4O6. The zero-order chi connectivity index (χ0) is 45.3. The van der Waals surface area contributed by atoms with Gasteiger partial charge in [-0.05, 0) is 92.8 Å². The number of nitrogens with zero attached hydrogens (tertiary/aromatic N) is 4. The fourth-order valence-corrected chi connectivity index (χ4v) is 7.79. The van der Waals surface area contributed by atoms with Crippen LogP contribution in [0, 0.1) is 0 Å². The van der Waals surface area contributed by atoms with Gasteiger partial charge in [0.1, 0.15) is 0 Å². The lowest BCUT2D eigenvalue weighted by molar-refractivity contribution is 0.103. The smallest absolute Gasteiger partial charge is 0.293 e. The summed E-state index contributed by atoms with van der Waals surface area (Å²) in [4.78, 5) is 59.9. The van der Waals surface area contributed by atoms with Gasteiger partial charge in [0.15, 0.2) is 11.5 Å². The topological polar surface area (TPSA) is 114 Å². The molecule has 0 saturated carbocycles. The van der Waals surface area contributed by atoms with Crippen LogP contribution >= 0.6 is 15.9 Å². The van der Waals surface area contributed by atoms with E-state index in [-0.39, 0.29) is 33.6 Å². The Morgan fingerprint density at radius 2 is 0.891 bits per heavy atom. The van der Waals surface area contributed by atoms with Gasteiger partial charge in [-0.25, -0.2) is 0 Å². The van der Waals surface area contributed by atoms with E-state index in [4.69, 9.17) is 4.74 Å². The molecule has 4 heterocycles. The normalized spacial score (nSPS) is 10.6. The van der Waals surface area contributed by atoms with Crippen LogP contribution in [0.3, 0.4) is 0 Å². The van der Waals surface area contributed by atoms with Crippen molar-refractivity contribution in [2.24, 2.45) is 21.1 Å². The van der Waals surface area contributed by atoms with Gasteiger partial charge in [-0.1, -0.05) is 121 Å².